The highest BCUT2D eigenvalue weighted by atomic mass is 16.5. The highest BCUT2D eigenvalue weighted by Gasteiger charge is 2.51. The first-order chi connectivity index (χ1) is 9.96. The van der Waals surface area contributed by atoms with Crippen molar-refractivity contribution in [3.63, 3.8) is 0 Å². The zero-order valence-electron chi connectivity index (χ0n) is 12.1. The number of hydrogen-bond donors (Lipinski definition) is 1. The molecule has 0 unspecified atom stereocenters. The van der Waals surface area contributed by atoms with Crippen LogP contribution in [0.25, 0.3) is 0 Å². The normalized spacial score (nSPS) is 18.2. The van der Waals surface area contributed by atoms with Crippen molar-refractivity contribution in [2.75, 3.05) is 7.11 Å². The van der Waals surface area contributed by atoms with E-state index in [1.165, 1.54) is 7.11 Å². The van der Waals surface area contributed by atoms with Gasteiger partial charge in [0.05, 0.1) is 24.2 Å². The zero-order chi connectivity index (χ0) is 15.5. The maximum Gasteiger partial charge on any atom is 0.339 e. The number of hydrogen-bond acceptors (Lipinski definition) is 4. The molecule has 1 aromatic rings. The molecule has 2 rings (SSSR count). The molecule has 1 fully saturated rings. The molecule has 1 N–H and O–H groups in total. The molecule has 0 heterocycles. The molecule has 1 aromatic carbocycles. The summed E-state index contributed by atoms with van der Waals surface area (Å²) in [5.74, 6) is 5.11. The lowest BCUT2D eigenvalue weighted by Gasteiger charge is -2.43. The van der Waals surface area contributed by atoms with Gasteiger partial charge in [-0.3, -0.25) is 0 Å². The lowest BCUT2D eigenvalue weighted by Crippen LogP contribution is -2.48. The number of carbonyl (C=O) groups is 1. The summed E-state index contributed by atoms with van der Waals surface area (Å²) >= 11 is 0. The van der Waals surface area contributed by atoms with Gasteiger partial charge in [0.2, 0.25) is 0 Å². The van der Waals surface area contributed by atoms with Crippen LogP contribution in [0.4, 0.5) is 0 Å². The molecule has 0 radical (unpaired) electrons. The fourth-order valence-electron chi connectivity index (χ4n) is 2.43. The molecular weight excluding hydrogens is 266 g/mol. The molecule has 1 aliphatic carbocycles. The second kappa shape index (κ2) is 5.60. The summed E-state index contributed by atoms with van der Waals surface area (Å²) in [4.78, 5) is 11.7. The van der Waals surface area contributed by atoms with E-state index in [-0.39, 0.29) is 0 Å². The van der Waals surface area contributed by atoms with Crippen molar-refractivity contribution < 1.29 is 14.6 Å². The molecule has 108 valence electrons. The fourth-order valence-corrected chi connectivity index (χ4v) is 2.43. The summed E-state index contributed by atoms with van der Waals surface area (Å²) in [6, 6.07) is 8.98. The largest absolute Gasteiger partial charge is 0.465 e. The third-order valence-corrected chi connectivity index (χ3v) is 4.13. The Morgan fingerprint density at radius 2 is 2.10 bits per heavy atom. The van der Waals surface area contributed by atoms with Gasteiger partial charge in [-0.2, -0.15) is 5.26 Å². The van der Waals surface area contributed by atoms with Gasteiger partial charge in [0.1, 0.15) is 5.60 Å². The molecule has 1 atom stereocenters. The van der Waals surface area contributed by atoms with Crippen LogP contribution >= 0.6 is 0 Å². The van der Waals surface area contributed by atoms with Crippen molar-refractivity contribution in [3.8, 4) is 17.9 Å². The summed E-state index contributed by atoms with van der Waals surface area (Å²) in [5, 5.41) is 19.8. The molecule has 0 saturated heterocycles. The quantitative estimate of drug-likeness (QED) is 0.667. The molecular formula is C17H17NO3. The van der Waals surface area contributed by atoms with Crippen molar-refractivity contribution in [2.24, 2.45) is 5.41 Å². The second-order valence-corrected chi connectivity index (χ2v) is 5.41. The Balaban J connectivity index is 2.36. The Labute approximate surface area is 124 Å². The van der Waals surface area contributed by atoms with Crippen LogP contribution in [0.2, 0.25) is 0 Å². The minimum absolute atomic E-state index is 0.350. The van der Waals surface area contributed by atoms with Crippen molar-refractivity contribution in [1.29, 1.82) is 5.26 Å². The highest BCUT2D eigenvalue weighted by Crippen LogP contribution is 2.48. The Bertz CT molecular complexity index is 655. The van der Waals surface area contributed by atoms with E-state index in [1.54, 1.807) is 31.2 Å². The standard InChI is InChI=1S/C17H17NO3/c1-16(20,17(12-18)9-5-10-17)11-8-13-6-3-4-7-14(13)15(19)21-2/h3-4,6-7,20H,5,9-10H2,1-2H3/t16-/m1/s1. The average Bonchev–Trinajstić information content (AvgIpc) is 2.44. The van der Waals surface area contributed by atoms with Crippen molar-refractivity contribution in [3.05, 3.63) is 35.4 Å². The number of aliphatic hydroxyl groups is 1. The zero-order valence-corrected chi connectivity index (χ0v) is 12.1. The third-order valence-electron chi connectivity index (χ3n) is 4.13. The van der Waals surface area contributed by atoms with Crippen LogP contribution in [-0.2, 0) is 4.74 Å². The smallest absolute Gasteiger partial charge is 0.339 e. The van der Waals surface area contributed by atoms with Crippen molar-refractivity contribution >= 4 is 5.97 Å². The van der Waals surface area contributed by atoms with E-state index in [9.17, 15) is 15.2 Å². The molecule has 0 amide bonds. The van der Waals surface area contributed by atoms with Gasteiger partial charge in [-0.05, 0) is 38.3 Å². The van der Waals surface area contributed by atoms with Gasteiger partial charge in [0, 0.05) is 5.56 Å². The van der Waals surface area contributed by atoms with Crippen LogP contribution in [0.15, 0.2) is 24.3 Å². The van der Waals surface area contributed by atoms with E-state index in [2.05, 4.69) is 17.9 Å². The van der Waals surface area contributed by atoms with Crippen LogP contribution in [0.1, 0.15) is 42.1 Å². The van der Waals surface area contributed by atoms with E-state index in [4.69, 9.17) is 4.74 Å². The minimum atomic E-state index is -1.40. The molecule has 21 heavy (non-hydrogen) atoms. The first-order valence-corrected chi connectivity index (χ1v) is 6.80. The van der Waals surface area contributed by atoms with E-state index >= 15 is 0 Å². The molecule has 0 spiro atoms. The summed E-state index contributed by atoms with van der Waals surface area (Å²) in [7, 11) is 1.31. The Morgan fingerprint density at radius 1 is 1.43 bits per heavy atom. The molecule has 0 bridgehead atoms. The SMILES string of the molecule is COC(=O)c1ccccc1C#C[C@@](C)(O)C1(C#N)CCC1. The van der Waals surface area contributed by atoms with Gasteiger partial charge in [-0.15, -0.1) is 0 Å². The molecule has 4 heteroatoms. The Kier molecular flexibility index (Phi) is 4.02. The van der Waals surface area contributed by atoms with Gasteiger partial charge < -0.3 is 9.84 Å². The summed E-state index contributed by atoms with van der Waals surface area (Å²) in [6.07, 6.45) is 2.21. The number of nitrogens with zero attached hydrogens (tertiary/aromatic N) is 1. The molecule has 4 nitrogen and oxygen atoms in total. The topological polar surface area (TPSA) is 70.3 Å². The number of methoxy groups -OCH3 is 1. The van der Waals surface area contributed by atoms with Gasteiger partial charge in [-0.1, -0.05) is 24.0 Å². The lowest BCUT2D eigenvalue weighted by molar-refractivity contribution is -0.0336. The van der Waals surface area contributed by atoms with E-state index in [0.717, 1.165) is 6.42 Å². The predicted octanol–water partition coefficient (Wildman–Crippen LogP) is 2.27. The van der Waals surface area contributed by atoms with Gasteiger partial charge in [0.15, 0.2) is 0 Å². The number of benzene rings is 1. The van der Waals surface area contributed by atoms with Crippen LogP contribution in [0, 0.1) is 28.6 Å². The Hall–Kier alpha value is -2.30. The first kappa shape index (κ1) is 15.1. The van der Waals surface area contributed by atoms with E-state index in [0.29, 0.717) is 24.0 Å². The first-order valence-electron chi connectivity index (χ1n) is 6.80. The van der Waals surface area contributed by atoms with Crippen LogP contribution < -0.4 is 0 Å². The number of carbonyl (C=O) groups excluding carboxylic acids is 1. The fraction of sp³-hybridized carbons (Fsp3) is 0.412. The van der Waals surface area contributed by atoms with Gasteiger partial charge >= 0.3 is 5.97 Å². The van der Waals surface area contributed by atoms with Crippen LogP contribution in [-0.4, -0.2) is 23.8 Å². The van der Waals surface area contributed by atoms with E-state index in [1.807, 2.05) is 0 Å². The number of ether oxygens (including phenoxy) is 1. The summed E-state index contributed by atoms with van der Waals surface area (Å²) < 4.78 is 4.71. The third kappa shape index (κ3) is 2.63. The molecule has 0 aliphatic heterocycles. The molecule has 0 aromatic heterocycles. The second-order valence-electron chi connectivity index (χ2n) is 5.41. The maximum atomic E-state index is 11.7. The van der Waals surface area contributed by atoms with Gasteiger partial charge in [-0.25, -0.2) is 4.79 Å². The predicted molar refractivity (Wildman–Crippen MR) is 77.2 cm³/mol. The van der Waals surface area contributed by atoms with Gasteiger partial charge in [0.25, 0.3) is 0 Å². The number of esters is 1. The monoisotopic (exact) mass is 283 g/mol. The maximum absolute atomic E-state index is 11.7. The number of rotatable bonds is 2. The van der Waals surface area contributed by atoms with Crippen molar-refractivity contribution in [1.82, 2.24) is 0 Å². The molecule has 1 saturated carbocycles. The summed E-state index contributed by atoms with van der Waals surface area (Å²) in [6.45, 7) is 1.56. The summed E-state index contributed by atoms with van der Waals surface area (Å²) in [5.41, 5.74) is -1.37. The van der Waals surface area contributed by atoms with E-state index < -0.39 is 17.0 Å². The molecule has 1 aliphatic rings. The average molecular weight is 283 g/mol. The number of nitriles is 1. The van der Waals surface area contributed by atoms with Crippen LogP contribution in [0.3, 0.4) is 0 Å². The van der Waals surface area contributed by atoms with Crippen LogP contribution in [0.5, 0.6) is 0 Å². The minimum Gasteiger partial charge on any atom is -0.465 e. The van der Waals surface area contributed by atoms with Crippen molar-refractivity contribution in [2.45, 2.75) is 31.8 Å². The highest BCUT2D eigenvalue weighted by molar-refractivity contribution is 5.92. The lowest BCUT2D eigenvalue weighted by atomic mass is 9.60. The Morgan fingerprint density at radius 3 is 2.62 bits per heavy atom.